The second-order valence-corrected chi connectivity index (χ2v) is 18.1. The fourth-order valence-electron chi connectivity index (χ4n) is 8.50. The number of pyridine rings is 1. The van der Waals surface area contributed by atoms with E-state index in [4.69, 9.17) is 19.4 Å². The lowest BCUT2D eigenvalue weighted by Crippen LogP contribution is -2.47. The summed E-state index contributed by atoms with van der Waals surface area (Å²) in [6.45, 7) is 5.94. The topological polar surface area (TPSA) is 143 Å². The number of carbonyl (C=O) groups is 1. The van der Waals surface area contributed by atoms with E-state index in [0.717, 1.165) is 76.1 Å². The van der Waals surface area contributed by atoms with Crippen LogP contribution >= 0.6 is 0 Å². The zero-order valence-corrected chi connectivity index (χ0v) is 35.8. The van der Waals surface area contributed by atoms with Gasteiger partial charge in [-0.2, -0.15) is 0 Å². The van der Waals surface area contributed by atoms with Crippen LogP contribution in [0.5, 0.6) is 11.5 Å². The molecule has 0 radical (unpaired) electrons. The van der Waals surface area contributed by atoms with Gasteiger partial charge in [0.1, 0.15) is 44.3 Å². The molecule has 6 aromatic rings. The van der Waals surface area contributed by atoms with Gasteiger partial charge in [0.05, 0.1) is 47.8 Å². The second kappa shape index (κ2) is 18.5. The molecule has 8 rings (SSSR count). The first-order chi connectivity index (χ1) is 30.0. The van der Waals surface area contributed by atoms with Gasteiger partial charge in [0.15, 0.2) is 0 Å². The average Bonchev–Trinajstić information content (AvgIpc) is 3.67. The number of nitrogens with one attached hydrogen (secondary N) is 2. The first-order valence-electron chi connectivity index (χ1n) is 20.9. The Morgan fingerprint density at radius 1 is 0.887 bits per heavy atom. The molecule has 16 heteroatoms. The smallest absolute Gasteiger partial charge is 0.259 e. The number of imidazole rings is 1. The molecule has 0 bridgehead atoms. The Hall–Kier alpha value is -6.13. The van der Waals surface area contributed by atoms with Crippen LogP contribution < -0.4 is 25.0 Å². The molecule has 2 fully saturated rings. The van der Waals surface area contributed by atoms with E-state index in [1.54, 1.807) is 44.5 Å². The van der Waals surface area contributed by atoms with Crippen molar-refractivity contribution < 1.29 is 31.5 Å². The number of piperidine rings is 2. The zero-order valence-electron chi connectivity index (χ0n) is 35.0. The molecule has 0 atom stereocenters. The SMILES string of the molecule is CCOc1ccc(-c2nc3ccccn3c2-c2ccnc(Nc3ccc(N4CCC(N5CCC(CCS(C)(=O)=O)CC5)CC4)cc3OC)n2)cc1C(=O)Nc1c(F)cccc1F. The van der Waals surface area contributed by atoms with E-state index in [1.165, 1.54) is 12.3 Å². The minimum absolute atomic E-state index is 0.0699. The number of carbonyl (C=O) groups excluding carboxylic acids is 1. The Morgan fingerprint density at radius 2 is 1.66 bits per heavy atom. The van der Waals surface area contributed by atoms with Gasteiger partial charge >= 0.3 is 0 Å². The van der Waals surface area contributed by atoms with Crippen LogP contribution in [0.3, 0.4) is 0 Å². The van der Waals surface area contributed by atoms with Gasteiger partial charge in [-0.3, -0.25) is 9.20 Å². The third-order valence-corrected chi connectivity index (χ3v) is 12.7. The zero-order chi connectivity index (χ0) is 43.4. The molecule has 5 heterocycles. The molecule has 0 saturated carbocycles. The highest BCUT2D eigenvalue weighted by Gasteiger charge is 2.29. The lowest BCUT2D eigenvalue weighted by atomic mass is 9.91. The maximum atomic E-state index is 14.6. The Balaban J connectivity index is 1.00. The average molecular weight is 865 g/mol. The molecule has 324 valence electrons. The van der Waals surface area contributed by atoms with E-state index in [1.807, 2.05) is 40.9 Å². The summed E-state index contributed by atoms with van der Waals surface area (Å²) in [5, 5.41) is 5.72. The first-order valence-corrected chi connectivity index (χ1v) is 23.0. The van der Waals surface area contributed by atoms with Gasteiger partial charge in [-0.15, -0.1) is 0 Å². The van der Waals surface area contributed by atoms with Gasteiger partial charge in [0.2, 0.25) is 5.95 Å². The number of halogens is 2. The Bertz CT molecular complexity index is 2660. The molecule has 13 nitrogen and oxygen atoms in total. The number of hydrogen-bond acceptors (Lipinski definition) is 11. The fourth-order valence-corrected chi connectivity index (χ4v) is 9.27. The van der Waals surface area contributed by atoms with Gasteiger partial charge in [-0.25, -0.2) is 32.2 Å². The number of hydrogen-bond donors (Lipinski definition) is 2. The molecule has 0 unspecified atom stereocenters. The summed E-state index contributed by atoms with van der Waals surface area (Å²) in [7, 11) is -1.29. The van der Waals surface area contributed by atoms with E-state index < -0.39 is 33.1 Å². The standard InChI is InChI=1S/C46H50F2N8O5S/c1-4-61-39-14-11-31(28-34(39)45(57)53-43-35(47)8-7-9-36(43)48)42-44(56-22-6-5-10-41(56)52-42)38-15-21-49-46(51-38)50-37-13-12-33(29-40(37)60-2)55-25-18-32(19-26-55)54-23-16-30(17-24-54)20-27-62(3,58)59/h5-15,21-22,28-30,32H,4,16-20,23-27H2,1-3H3,(H,53,57)(H,49,50,51). The normalized spacial score (nSPS) is 15.5. The number of ether oxygens (including phenoxy) is 2. The Labute approximate surface area is 360 Å². The largest absolute Gasteiger partial charge is 0.494 e. The molecule has 0 spiro atoms. The van der Waals surface area contributed by atoms with Crippen molar-refractivity contribution in [2.45, 2.75) is 45.1 Å². The molecular weight excluding hydrogens is 815 g/mol. The van der Waals surface area contributed by atoms with Crippen LogP contribution in [0.1, 0.15) is 49.4 Å². The maximum Gasteiger partial charge on any atom is 0.259 e. The number of fused-ring (bicyclic) bond motifs is 1. The second-order valence-electron chi connectivity index (χ2n) is 15.8. The van der Waals surface area contributed by atoms with Gasteiger partial charge < -0.3 is 29.9 Å². The van der Waals surface area contributed by atoms with E-state index in [9.17, 15) is 22.0 Å². The van der Waals surface area contributed by atoms with E-state index in [2.05, 4.69) is 31.5 Å². The van der Waals surface area contributed by atoms with Gasteiger partial charge in [0.25, 0.3) is 5.91 Å². The highest BCUT2D eigenvalue weighted by atomic mass is 32.2. The monoisotopic (exact) mass is 864 g/mol. The highest BCUT2D eigenvalue weighted by Crippen LogP contribution is 2.37. The van der Waals surface area contributed by atoms with Gasteiger partial charge in [-0.1, -0.05) is 12.1 Å². The highest BCUT2D eigenvalue weighted by molar-refractivity contribution is 7.90. The van der Waals surface area contributed by atoms with Crippen molar-refractivity contribution in [2.75, 3.05) is 67.4 Å². The van der Waals surface area contributed by atoms with Crippen LogP contribution in [0.2, 0.25) is 0 Å². The van der Waals surface area contributed by atoms with Crippen molar-refractivity contribution in [1.82, 2.24) is 24.3 Å². The summed E-state index contributed by atoms with van der Waals surface area (Å²) in [6.07, 6.45) is 9.84. The van der Waals surface area contributed by atoms with Crippen LogP contribution in [0.4, 0.5) is 31.8 Å². The fraction of sp³-hybridized carbons (Fsp3) is 0.348. The van der Waals surface area contributed by atoms with Crippen molar-refractivity contribution in [2.24, 2.45) is 5.92 Å². The molecule has 1 amide bonds. The summed E-state index contributed by atoms with van der Waals surface area (Å²) in [4.78, 5) is 33.0. The van der Waals surface area contributed by atoms with E-state index in [0.29, 0.717) is 57.6 Å². The summed E-state index contributed by atoms with van der Waals surface area (Å²) in [6, 6.07) is 22.4. The summed E-state index contributed by atoms with van der Waals surface area (Å²) < 4.78 is 66.0. The van der Waals surface area contributed by atoms with Crippen molar-refractivity contribution in [1.29, 1.82) is 0 Å². The number of sulfone groups is 1. The van der Waals surface area contributed by atoms with Crippen LogP contribution in [0.25, 0.3) is 28.3 Å². The lowest BCUT2D eigenvalue weighted by molar-refractivity contribution is 0.102. The Morgan fingerprint density at radius 3 is 2.39 bits per heavy atom. The van der Waals surface area contributed by atoms with Crippen LogP contribution in [0.15, 0.2) is 91.3 Å². The molecule has 2 saturated heterocycles. The third-order valence-electron chi connectivity index (χ3n) is 11.8. The molecule has 2 N–H and O–H groups in total. The van der Waals surface area contributed by atoms with Crippen molar-refractivity contribution >= 4 is 44.4 Å². The molecule has 2 aliphatic heterocycles. The molecular formula is C46H50F2N8O5S. The van der Waals surface area contributed by atoms with Crippen LogP contribution in [-0.2, 0) is 9.84 Å². The van der Waals surface area contributed by atoms with Crippen LogP contribution in [0, 0.1) is 17.6 Å². The van der Waals surface area contributed by atoms with Gasteiger partial charge in [-0.05, 0) is 119 Å². The number of likely N-dealkylation sites (tertiary alicyclic amines) is 1. The molecule has 3 aromatic heterocycles. The first kappa shape index (κ1) is 42.6. The number of aromatic nitrogens is 4. The van der Waals surface area contributed by atoms with Crippen LogP contribution in [-0.4, -0.2) is 96.5 Å². The number of nitrogens with zero attached hydrogens (tertiary/aromatic N) is 6. The summed E-state index contributed by atoms with van der Waals surface area (Å²) in [5.41, 5.74) is 4.13. The number of anilines is 4. The number of benzene rings is 3. The minimum atomic E-state index is -2.92. The van der Waals surface area contributed by atoms with E-state index >= 15 is 0 Å². The quantitative estimate of drug-likeness (QED) is 0.109. The number of methoxy groups -OCH3 is 1. The van der Waals surface area contributed by atoms with Crippen molar-refractivity contribution in [3.8, 4) is 34.1 Å². The molecule has 0 aliphatic carbocycles. The minimum Gasteiger partial charge on any atom is -0.494 e. The van der Waals surface area contributed by atoms with Crippen molar-refractivity contribution in [3.63, 3.8) is 0 Å². The molecule has 2 aliphatic rings. The number of amides is 1. The third kappa shape index (κ3) is 9.50. The number of rotatable bonds is 14. The predicted molar refractivity (Wildman–Crippen MR) is 237 cm³/mol. The maximum absolute atomic E-state index is 14.6. The summed E-state index contributed by atoms with van der Waals surface area (Å²) >= 11 is 0. The van der Waals surface area contributed by atoms with Crippen molar-refractivity contribution in [3.05, 3.63) is 108 Å². The van der Waals surface area contributed by atoms with Gasteiger partial charge in [0, 0.05) is 55.1 Å². The predicted octanol–water partition coefficient (Wildman–Crippen LogP) is 8.26. The number of para-hydroxylation sites is 1. The lowest BCUT2D eigenvalue weighted by Gasteiger charge is -2.42. The van der Waals surface area contributed by atoms with E-state index in [-0.39, 0.29) is 23.7 Å². The Kier molecular flexibility index (Phi) is 12.7. The molecule has 3 aromatic carbocycles. The summed E-state index contributed by atoms with van der Waals surface area (Å²) in [5.74, 6) is -0.579. The molecule has 62 heavy (non-hydrogen) atoms.